The van der Waals surface area contributed by atoms with Crippen LogP contribution in [-0.4, -0.2) is 35.5 Å². The number of carboxylic acids is 1. The molecule has 1 fully saturated rings. The number of carbonyl (C=O) groups excluding carboxylic acids is 2. The van der Waals surface area contributed by atoms with Crippen LogP contribution in [0.2, 0.25) is 0 Å². The molecule has 7 nitrogen and oxygen atoms in total. The Morgan fingerprint density at radius 2 is 1.54 bits per heavy atom. The zero-order valence-electron chi connectivity index (χ0n) is 20.7. The lowest BCUT2D eigenvalue weighted by atomic mass is 9.86. The minimum Gasteiger partial charge on any atom is -0.493 e. The van der Waals surface area contributed by atoms with Gasteiger partial charge in [0.05, 0.1) is 6.61 Å². The third-order valence-electron chi connectivity index (χ3n) is 6.62. The van der Waals surface area contributed by atoms with Crippen LogP contribution >= 0.6 is 0 Å². The van der Waals surface area contributed by atoms with Crippen LogP contribution in [0.4, 0.5) is 0 Å². The van der Waals surface area contributed by atoms with Crippen LogP contribution in [0, 0.1) is 5.92 Å². The maximum Gasteiger partial charge on any atom is 0.303 e. The van der Waals surface area contributed by atoms with Crippen LogP contribution < -0.4 is 15.4 Å². The number of nitrogens with one attached hydrogen (secondary N) is 2. The summed E-state index contributed by atoms with van der Waals surface area (Å²) in [5.74, 6) is -0.355. The molecule has 0 aliphatic heterocycles. The average molecular weight is 501 g/mol. The Morgan fingerprint density at radius 3 is 2.14 bits per heavy atom. The summed E-state index contributed by atoms with van der Waals surface area (Å²) in [6.45, 7) is 1.05. The molecular formula is C30H32N2O5. The number of carboxylic acid groups (broad SMARTS) is 1. The molecule has 37 heavy (non-hydrogen) atoms. The van der Waals surface area contributed by atoms with Crippen LogP contribution in [0.15, 0.2) is 78.9 Å². The summed E-state index contributed by atoms with van der Waals surface area (Å²) in [4.78, 5) is 36.7. The highest BCUT2D eigenvalue weighted by Crippen LogP contribution is 2.28. The SMILES string of the molecule is O=C(O)CC[C@H](NC(=O)c1ccc(-c2ccc(OCC3CCC3)cc2)cc1)C(=O)NCc1ccccc1. The fourth-order valence-corrected chi connectivity index (χ4v) is 4.12. The van der Waals surface area contributed by atoms with Gasteiger partial charge in [-0.05, 0) is 66.1 Å². The van der Waals surface area contributed by atoms with Crippen molar-refractivity contribution in [2.75, 3.05) is 6.61 Å². The second-order valence-corrected chi connectivity index (χ2v) is 9.37. The second kappa shape index (κ2) is 12.7. The van der Waals surface area contributed by atoms with E-state index in [0.29, 0.717) is 11.5 Å². The predicted molar refractivity (Wildman–Crippen MR) is 141 cm³/mol. The first-order chi connectivity index (χ1) is 18.0. The molecule has 1 aliphatic rings. The first kappa shape index (κ1) is 25.9. The number of ether oxygens (including phenoxy) is 1. The first-order valence-corrected chi connectivity index (χ1v) is 12.7. The molecule has 0 saturated heterocycles. The summed E-state index contributed by atoms with van der Waals surface area (Å²) in [7, 11) is 0. The van der Waals surface area contributed by atoms with Gasteiger partial charge in [-0.2, -0.15) is 0 Å². The molecule has 192 valence electrons. The highest BCUT2D eigenvalue weighted by Gasteiger charge is 2.22. The van der Waals surface area contributed by atoms with Crippen LogP contribution in [0.5, 0.6) is 5.75 Å². The van der Waals surface area contributed by atoms with Gasteiger partial charge in [0.15, 0.2) is 0 Å². The minimum atomic E-state index is -1.03. The maximum atomic E-state index is 12.9. The van der Waals surface area contributed by atoms with Crippen molar-refractivity contribution >= 4 is 17.8 Å². The lowest BCUT2D eigenvalue weighted by molar-refractivity contribution is -0.137. The number of hydrogen-bond acceptors (Lipinski definition) is 4. The van der Waals surface area contributed by atoms with E-state index in [2.05, 4.69) is 10.6 Å². The number of benzene rings is 3. The maximum absolute atomic E-state index is 12.9. The molecule has 3 N–H and O–H groups in total. The van der Waals surface area contributed by atoms with Crippen molar-refractivity contribution in [2.24, 2.45) is 5.92 Å². The van der Waals surface area contributed by atoms with Gasteiger partial charge < -0.3 is 20.5 Å². The highest BCUT2D eigenvalue weighted by molar-refractivity contribution is 5.98. The van der Waals surface area contributed by atoms with Crippen LogP contribution in [0.3, 0.4) is 0 Å². The van der Waals surface area contributed by atoms with Crippen molar-refractivity contribution < 1.29 is 24.2 Å². The molecule has 0 aromatic heterocycles. The van der Waals surface area contributed by atoms with E-state index in [1.165, 1.54) is 19.3 Å². The van der Waals surface area contributed by atoms with Gasteiger partial charge in [0.1, 0.15) is 11.8 Å². The number of carbonyl (C=O) groups is 3. The zero-order chi connectivity index (χ0) is 26.0. The van der Waals surface area contributed by atoms with Crippen LogP contribution in [0.1, 0.15) is 48.0 Å². The fourth-order valence-electron chi connectivity index (χ4n) is 4.12. The average Bonchev–Trinajstić information content (AvgIpc) is 2.89. The van der Waals surface area contributed by atoms with Crippen molar-refractivity contribution in [3.8, 4) is 16.9 Å². The van der Waals surface area contributed by atoms with Crippen LogP contribution in [-0.2, 0) is 16.1 Å². The Kier molecular flexibility index (Phi) is 8.92. The first-order valence-electron chi connectivity index (χ1n) is 12.7. The van der Waals surface area contributed by atoms with Gasteiger partial charge >= 0.3 is 5.97 Å². The standard InChI is InChI=1S/C30H32N2O5/c33-28(34)18-17-27(30(36)31-19-21-5-2-1-3-6-21)32-29(35)25-11-9-23(10-12-25)24-13-15-26(16-14-24)37-20-22-7-4-8-22/h1-3,5-6,9-16,22,27H,4,7-8,17-20H2,(H,31,36)(H,32,35)(H,33,34)/t27-/m0/s1. The number of amides is 2. The third kappa shape index (κ3) is 7.67. The van der Waals surface area contributed by atoms with Gasteiger partial charge in [-0.1, -0.05) is 61.0 Å². The van der Waals surface area contributed by atoms with Crippen molar-refractivity contribution in [2.45, 2.75) is 44.7 Å². The van der Waals surface area contributed by atoms with E-state index in [9.17, 15) is 14.4 Å². The van der Waals surface area contributed by atoms with Crippen molar-refractivity contribution in [3.05, 3.63) is 90.0 Å². The fraction of sp³-hybridized carbons (Fsp3) is 0.300. The Morgan fingerprint density at radius 1 is 0.892 bits per heavy atom. The van der Waals surface area contributed by atoms with Gasteiger partial charge in [0.2, 0.25) is 5.91 Å². The topological polar surface area (TPSA) is 105 Å². The largest absolute Gasteiger partial charge is 0.493 e. The van der Waals surface area contributed by atoms with E-state index >= 15 is 0 Å². The number of rotatable bonds is 12. The smallest absolute Gasteiger partial charge is 0.303 e. The van der Waals surface area contributed by atoms with E-state index in [-0.39, 0.29) is 19.4 Å². The van der Waals surface area contributed by atoms with E-state index in [1.807, 2.05) is 66.7 Å². The van der Waals surface area contributed by atoms with E-state index in [0.717, 1.165) is 29.0 Å². The van der Waals surface area contributed by atoms with Gasteiger partial charge in [-0.25, -0.2) is 0 Å². The Bertz CT molecular complexity index is 1190. The van der Waals surface area contributed by atoms with Crippen molar-refractivity contribution in [1.29, 1.82) is 0 Å². The zero-order valence-corrected chi connectivity index (χ0v) is 20.7. The third-order valence-corrected chi connectivity index (χ3v) is 6.62. The summed E-state index contributed by atoms with van der Waals surface area (Å²) >= 11 is 0. The molecule has 4 rings (SSSR count). The molecule has 0 radical (unpaired) electrons. The van der Waals surface area contributed by atoms with E-state index in [1.54, 1.807) is 12.1 Å². The summed E-state index contributed by atoms with van der Waals surface area (Å²) in [5.41, 5.74) is 3.25. The quantitative estimate of drug-likeness (QED) is 0.331. The summed E-state index contributed by atoms with van der Waals surface area (Å²) in [6.07, 6.45) is 3.55. The van der Waals surface area contributed by atoms with Crippen molar-refractivity contribution in [1.82, 2.24) is 10.6 Å². The summed E-state index contributed by atoms with van der Waals surface area (Å²) < 4.78 is 5.86. The molecule has 0 heterocycles. The Hall–Kier alpha value is -4.13. The number of aliphatic carboxylic acids is 1. The van der Waals surface area contributed by atoms with Crippen LogP contribution in [0.25, 0.3) is 11.1 Å². The molecule has 1 saturated carbocycles. The summed E-state index contributed by atoms with van der Waals surface area (Å²) in [6, 6.07) is 23.4. The van der Waals surface area contributed by atoms with Gasteiger partial charge in [-0.15, -0.1) is 0 Å². The molecule has 7 heteroatoms. The normalized spacial score (nSPS) is 13.7. The number of hydrogen-bond donors (Lipinski definition) is 3. The van der Waals surface area contributed by atoms with Gasteiger partial charge in [-0.3, -0.25) is 14.4 Å². The van der Waals surface area contributed by atoms with Gasteiger partial charge in [0.25, 0.3) is 5.91 Å². The molecule has 1 aliphatic carbocycles. The lowest BCUT2D eigenvalue weighted by Crippen LogP contribution is -2.46. The minimum absolute atomic E-state index is 0.00501. The van der Waals surface area contributed by atoms with Crippen molar-refractivity contribution in [3.63, 3.8) is 0 Å². The van der Waals surface area contributed by atoms with Gasteiger partial charge in [0, 0.05) is 18.5 Å². The molecule has 2 amide bonds. The monoisotopic (exact) mass is 500 g/mol. The van der Waals surface area contributed by atoms with E-state index < -0.39 is 23.8 Å². The highest BCUT2D eigenvalue weighted by atomic mass is 16.5. The van der Waals surface area contributed by atoms with E-state index in [4.69, 9.17) is 9.84 Å². The molecule has 1 atom stereocenters. The molecule has 3 aromatic rings. The molecule has 0 bridgehead atoms. The molecular weight excluding hydrogens is 468 g/mol. The second-order valence-electron chi connectivity index (χ2n) is 9.37. The lowest BCUT2D eigenvalue weighted by Gasteiger charge is -2.25. The molecule has 3 aromatic carbocycles. The predicted octanol–water partition coefficient (Wildman–Crippen LogP) is 4.81. The molecule has 0 spiro atoms. The Balaban J connectivity index is 1.34. The molecule has 0 unspecified atom stereocenters. The Labute approximate surface area is 216 Å². The summed E-state index contributed by atoms with van der Waals surface area (Å²) in [5, 5.41) is 14.5.